The molecule has 0 spiro atoms. The Bertz CT molecular complexity index is 459. The van der Waals surface area contributed by atoms with Gasteiger partial charge in [-0.1, -0.05) is 30.3 Å². The Morgan fingerprint density at radius 2 is 2.00 bits per heavy atom. The number of nitrogens with zero attached hydrogens (tertiary/aromatic N) is 1. The summed E-state index contributed by atoms with van der Waals surface area (Å²) in [4.78, 5) is 0. The van der Waals surface area contributed by atoms with Crippen LogP contribution in [0, 0.1) is 0 Å². The zero-order valence-corrected chi connectivity index (χ0v) is 9.26. The van der Waals surface area contributed by atoms with Gasteiger partial charge in [-0.05, 0) is 24.1 Å². The lowest BCUT2D eigenvalue weighted by atomic mass is 10.0. The molecule has 2 aromatic rings. The number of hydrogen-bond acceptors (Lipinski definition) is 1. The highest BCUT2D eigenvalue weighted by atomic mass is 15.1. The van der Waals surface area contributed by atoms with Crippen molar-refractivity contribution in [2.24, 2.45) is 0 Å². The van der Waals surface area contributed by atoms with Gasteiger partial charge in [-0.15, -0.1) is 0 Å². The minimum absolute atomic E-state index is 0.464. The average molecular weight is 212 g/mol. The molecule has 0 unspecified atom stereocenters. The van der Waals surface area contributed by atoms with E-state index in [-0.39, 0.29) is 0 Å². The standard InChI is InChI=1S/C14H16N2/c1-2-5-12(6-3-1)11-13-14-7-4-9-16(14)10-8-15-13/h1-7,9,13,15H,8,10-11H2/t13-/m0/s1. The summed E-state index contributed by atoms with van der Waals surface area (Å²) in [5.41, 5.74) is 2.81. The van der Waals surface area contributed by atoms with Crippen molar-refractivity contribution < 1.29 is 0 Å². The number of benzene rings is 1. The van der Waals surface area contributed by atoms with Gasteiger partial charge in [0.1, 0.15) is 0 Å². The van der Waals surface area contributed by atoms with Gasteiger partial charge in [0.15, 0.2) is 0 Å². The highest BCUT2D eigenvalue weighted by Gasteiger charge is 2.18. The molecule has 2 heteroatoms. The van der Waals surface area contributed by atoms with E-state index >= 15 is 0 Å². The van der Waals surface area contributed by atoms with Crippen LogP contribution in [0.1, 0.15) is 17.3 Å². The first-order valence-electron chi connectivity index (χ1n) is 5.86. The molecule has 2 nitrogen and oxygen atoms in total. The highest BCUT2D eigenvalue weighted by molar-refractivity contribution is 5.21. The van der Waals surface area contributed by atoms with Crippen molar-refractivity contribution in [3.05, 3.63) is 59.9 Å². The summed E-state index contributed by atoms with van der Waals surface area (Å²) < 4.78 is 2.35. The molecule has 16 heavy (non-hydrogen) atoms. The number of rotatable bonds is 2. The van der Waals surface area contributed by atoms with Gasteiger partial charge in [0.25, 0.3) is 0 Å². The Balaban J connectivity index is 1.83. The van der Waals surface area contributed by atoms with Crippen LogP contribution >= 0.6 is 0 Å². The minimum atomic E-state index is 0.464. The molecule has 0 saturated heterocycles. The topological polar surface area (TPSA) is 17.0 Å². The summed E-state index contributed by atoms with van der Waals surface area (Å²) in [5.74, 6) is 0. The van der Waals surface area contributed by atoms with Crippen molar-refractivity contribution in [2.75, 3.05) is 6.54 Å². The van der Waals surface area contributed by atoms with Crippen LogP contribution < -0.4 is 5.32 Å². The van der Waals surface area contributed by atoms with Crippen LogP contribution in [0.15, 0.2) is 48.7 Å². The molecular weight excluding hydrogens is 196 g/mol. The molecule has 3 rings (SSSR count). The van der Waals surface area contributed by atoms with Gasteiger partial charge in [0.05, 0.1) is 6.04 Å². The molecule has 0 saturated carbocycles. The molecule has 1 aliphatic rings. The van der Waals surface area contributed by atoms with Crippen LogP contribution in [-0.2, 0) is 13.0 Å². The molecule has 82 valence electrons. The van der Waals surface area contributed by atoms with E-state index in [2.05, 4.69) is 58.5 Å². The van der Waals surface area contributed by atoms with Crippen molar-refractivity contribution in [3.63, 3.8) is 0 Å². The molecule has 2 heterocycles. The van der Waals surface area contributed by atoms with Gasteiger partial charge in [-0.3, -0.25) is 0 Å². The highest BCUT2D eigenvalue weighted by Crippen LogP contribution is 2.21. The van der Waals surface area contributed by atoms with Crippen molar-refractivity contribution in [2.45, 2.75) is 19.0 Å². The molecule has 1 aliphatic heterocycles. The summed E-state index contributed by atoms with van der Waals surface area (Å²) in [7, 11) is 0. The maximum atomic E-state index is 3.59. The molecule has 0 bridgehead atoms. The van der Waals surface area contributed by atoms with Crippen molar-refractivity contribution >= 4 is 0 Å². The van der Waals surface area contributed by atoms with Crippen LogP contribution in [0.3, 0.4) is 0 Å². The van der Waals surface area contributed by atoms with Crippen LogP contribution in [0.2, 0.25) is 0 Å². The second-order valence-electron chi connectivity index (χ2n) is 4.32. The zero-order valence-electron chi connectivity index (χ0n) is 9.26. The van der Waals surface area contributed by atoms with E-state index in [0.717, 1.165) is 19.5 Å². The largest absolute Gasteiger partial charge is 0.349 e. The molecule has 0 radical (unpaired) electrons. The van der Waals surface area contributed by atoms with E-state index in [1.807, 2.05) is 0 Å². The third kappa shape index (κ3) is 1.76. The molecule has 1 atom stereocenters. The molecule has 0 fully saturated rings. The number of aromatic nitrogens is 1. The van der Waals surface area contributed by atoms with Crippen molar-refractivity contribution in [1.82, 2.24) is 9.88 Å². The SMILES string of the molecule is c1ccc(C[C@@H]2NCCn3cccc32)cc1. The van der Waals surface area contributed by atoms with E-state index in [4.69, 9.17) is 0 Å². The fraction of sp³-hybridized carbons (Fsp3) is 0.286. The average Bonchev–Trinajstić information content (AvgIpc) is 2.80. The summed E-state index contributed by atoms with van der Waals surface area (Å²) in [6.45, 7) is 2.16. The summed E-state index contributed by atoms with van der Waals surface area (Å²) in [6.07, 6.45) is 3.25. The van der Waals surface area contributed by atoms with E-state index in [1.54, 1.807) is 0 Å². The molecule has 0 aliphatic carbocycles. The van der Waals surface area contributed by atoms with Gasteiger partial charge in [0, 0.05) is 25.0 Å². The maximum Gasteiger partial charge on any atom is 0.0516 e. The van der Waals surface area contributed by atoms with Crippen LogP contribution in [0.4, 0.5) is 0 Å². The molecule has 1 aromatic carbocycles. The monoisotopic (exact) mass is 212 g/mol. The Labute approximate surface area is 95.9 Å². The Morgan fingerprint density at radius 3 is 2.88 bits per heavy atom. The summed E-state index contributed by atoms with van der Waals surface area (Å²) in [6, 6.07) is 15.5. The normalized spacial score (nSPS) is 19.4. The number of fused-ring (bicyclic) bond motifs is 1. The third-order valence-corrected chi connectivity index (χ3v) is 3.25. The van der Waals surface area contributed by atoms with Crippen molar-refractivity contribution in [3.8, 4) is 0 Å². The van der Waals surface area contributed by atoms with E-state index < -0.39 is 0 Å². The zero-order chi connectivity index (χ0) is 10.8. The van der Waals surface area contributed by atoms with Crippen LogP contribution in [0.25, 0.3) is 0 Å². The van der Waals surface area contributed by atoms with Crippen LogP contribution in [-0.4, -0.2) is 11.1 Å². The fourth-order valence-corrected chi connectivity index (χ4v) is 2.44. The Morgan fingerprint density at radius 1 is 1.12 bits per heavy atom. The smallest absolute Gasteiger partial charge is 0.0516 e. The van der Waals surface area contributed by atoms with Crippen molar-refractivity contribution in [1.29, 1.82) is 0 Å². The Hall–Kier alpha value is -1.54. The molecule has 1 N–H and O–H groups in total. The van der Waals surface area contributed by atoms with Gasteiger partial charge in [-0.2, -0.15) is 0 Å². The van der Waals surface area contributed by atoms with Gasteiger partial charge >= 0.3 is 0 Å². The fourth-order valence-electron chi connectivity index (χ4n) is 2.44. The first-order valence-corrected chi connectivity index (χ1v) is 5.86. The first kappa shape index (κ1) is 9.67. The molecule has 1 aromatic heterocycles. The number of hydrogen-bond donors (Lipinski definition) is 1. The van der Waals surface area contributed by atoms with Gasteiger partial charge in [-0.25, -0.2) is 0 Å². The minimum Gasteiger partial charge on any atom is -0.349 e. The lowest BCUT2D eigenvalue weighted by Gasteiger charge is -2.26. The van der Waals surface area contributed by atoms with E-state index in [9.17, 15) is 0 Å². The van der Waals surface area contributed by atoms with Gasteiger partial charge in [0.2, 0.25) is 0 Å². The van der Waals surface area contributed by atoms with Crippen LogP contribution in [0.5, 0.6) is 0 Å². The summed E-state index contributed by atoms with van der Waals surface area (Å²) >= 11 is 0. The maximum absolute atomic E-state index is 3.59. The predicted molar refractivity (Wildman–Crippen MR) is 65.3 cm³/mol. The predicted octanol–water partition coefficient (Wildman–Crippen LogP) is 2.38. The number of nitrogens with one attached hydrogen (secondary N) is 1. The first-order chi connectivity index (χ1) is 7.93. The lowest BCUT2D eigenvalue weighted by Crippen LogP contribution is -2.33. The third-order valence-electron chi connectivity index (χ3n) is 3.25. The Kier molecular flexibility index (Phi) is 2.50. The van der Waals surface area contributed by atoms with E-state index in [1.165, 1.54) is 11.3 Å². The summed E-state index contributed by atoms with van der Waals surface area (Å²) in [5, 5.41) is 3.59. The molecular formula is C14H16N2. The second kappa shape index (κ2) is 4.14. The van der Waals surface area contributed by atoms with E-state index in [0.29, 0.717) is 6.04 Å². The van der Waals surface area contributed by atoms with Gasteiger partial charge < -0.3 is 9.88 Å². The quantitative estimate of drug-likeness (QED) is 0.808. The lowest BCUT2D eigenvalue weighted by molar-refractivity contribution is 0.423. The second-order valence-corrected chi connectivity index (χ2v) is 4.32. The molecule has 0 amide bonds.